The van der Waals surface area contributed by atoms with Gasteiger partial charge in [0.2, 0.25) is 27.7 Å². The topological polar surface area (TPSA) is 134 Å². The highest BCUT2D eigenvalue weighted by Crippen LogP contribution is 2.28. The molecule has 1 fully saturated rings. The molecule has 2 rings (SSSR count). The van der Waals surface area contributed by atoms with Crippen molar-refractivity contribution in [3.63, 3.8) is 0 Å². The fourth-order valence-electron chi connectivity index (χ4n) is 3.51. The third-order valence-corrected chi connectivity index (χ3v) is 6.82. The first-order valence-corrected chi connectivity index (χ1v) is 12.9. The number of nitrogens with zero attached hydrogens (tertiary/aromatic N) is 2. The Morgan fingerprint density at radius 1 is 1.12 bits per heavy atom. The number of nitrogens with one attached hydrogen (secondary N) is 2. The van der Waals surface area contributed by atoms with Crippen molar-refractivity contribution in [3.8, 4) is 11.5 Å². The molecule has 0 aliphatic carbocycles. The number of sulfonamides is 1. The van der Waals surface area contributed by atoms with Crippen LogP contribution < -0.4 is 20.1 Å². The van der Waals surface area contributed by atoms with Crippen LogP contribution in [0.4, 0.5) is 0 Å². The van der Waals surface area contributed by atoms with E-state index in [2.05, 4.69) is 10.6 Å². The number of piperazine rings is 1. The summed E-state index contributed by atoms with van der Waals surface area (Å²) in [5.74, 6) is -0.213. The Morgan fingerprint density at radius 3 is 2.38 bits per heavy atom. The molecule has 11 nitrogen and oxygen atoms in total. The SMILES string of the molecule is CCOc1ccc(CCNC(=O)CNC(=O)[C@]2(C)CN(S(C)(=O)=O)CC(=O)N2C)cc1OCC. The van der Waals surface area contributed by atoms with Gasteiger partial charge in [-0.1, -0.05) is 6.07 Å². The Labute approximate surface area is 200 Å². The number of carbonyl (C=O) groups is 3. The molecule has 1 aromatic carbocycles. The van der Waals surface area contributed by atoms with Gasteiger partial charge in [-0.15, -0.1) is 0 Å². The lowest BCUT2D eigenvalue weighted by Gasteiger charge is -2.44. The number of likely N-dealkylation sites (N-methyl/N-ethyl adjacent to an activating group) is 1. The quantitative estimate of drug-likeness (QED) is 0.430. The molecule has 0 radical (unpaired) electrons. The fraction of sp³-hybridized carbons (Fsp3) is 0.591. The van der Waals surface area contributed by atoms with Gasteiger partial charge < -0.3 is 25.0 Å². The number of benzene rings is 1. The second-order valence-corrected chi connectivity index (χ2v) is 10.2. The average molecular weight is 499 g/mol. The highest BCUT2D eigenvalue weighted by atomic mass is 32.2. The van der Waals surface area contributed by atoms with Crippen LogP contribution in [-0.4, -0.2) is 93.6 Å². The van der Waals surface area contributed by atoms with Gasteiger partial charge in [0.1, 0.15) is 5.54 Å². The Hall–Kier alpha value is -2.86. The number of hydrogen-bond acceptors (Lipinski definition) is 7. The number of ether oxygens (including phenoxy) is 2. The Bertz CT molecular complexity index is 1010. The van der Waals surface area contributed by atoms with Crippen LogP contribution in [0, 0.1) is 0 Å². The lowest BCUT2D eigenvalue weighted by atomic mass is 9.96. The zero-order valence-corrected chi connectivity index (χ0v) is 21.2. The van der Waals surface area contributed by atoms with E-state index in [0.717, 1.165) is 16.1 Å². The summed E-state index contributed by atoms with van der Waals surface area (Å²) in [5.41, 5.74) is -0.483. The minimum Gasteiger partial charge on any atom is -0.490 e. The van der Waals surface area contributed by atoms with Crippen LogP contribution in [0.3, 0.4) is 0 Å². The Morgan fingerprint density at radius 2 is 1.76 bits per heavy atom. The summed E-state index contributed by atoms with van der Waals surface area (Å²) in [7, 11) is -2.22. The lowest BCUT2D eigenvalue weighted by Crippen LogP contribution is -2.68. The van der Waals surface area contributed by atoms with Gasteiger partial charge in [0, 0.05) is 20.1 Å². The first-order valence-electron chi connectivity index (χ1n) is 11.1. The Kier molecular flexibility index (Phi) is 9.28. The molecule has 12 heteroatoms. The molecule has 1 aliphatic rings. The molecule has 34 heavy (non-hydrogen) atoms. The number of carbonyl (C=O) groups excluding carboxylic acids is 3. The molecule has 1 saturated heterocycles. The van der Waals surface area contributed by atoms with Crippen LogP contribution in [0.2, 0.25) is 0 Å². The number of rotatable bonds is 11. The summed E-state index contributed by atoms with van der Waals surface area (Å²) in [4.78, 5) is 38.5. The zero-order valence-electron chi connectivity index (χ0n) is 20.3. The highest BCUT2D eigenvalue weighted by molar-refractivity contribution is 7.88. The molecule has 0 aromatic heterocycles. The summed E-state index contributed by atoms with van der Waals surface area (Å²) >= 11 is 0. The van der Waals surface area contributed by atoms with E-state index in [-0.39, 0.29) is 19.6 Å². The third kappa shape index (κ3) is 6.83. The molecular weight excluding hydrogens is 464 g/mol. The molecule has 3 amide bonds. The monoisotopic (exact) mass is 498 g/mol. The summed E-state index contributed by atoms with van der Waals surface area (Å²) in [6.45, 7) is 5.79. The van der Waals surface area contributed by atoms with E-state index in [1.807, 2.05) is 32.0 Å². The van der Waals surface area contributed by atoms with Gasteiger partial charge in [0.05, 0.1) is 32.6 Å². The maximum absolute atomic E-state index is 12.8. The second kappa shape index (κ2) is 11.5. The first kappa shape index (κ1) is 27.4. The first-order chi connectivity index (χ1) is 15.9. The van der Waals surface area contributed by atoms with Gasteiger partial charge in [0.25, 0.3) is 0 Å². The van der Waals surface area contributed by atoms with Gasteiger partial charge in [0.15, 0.2) is 11.5 Å². The smallest absolute Gasteiger partial charge is 0.247 e. The molecule has 0 saturated carbocycles. The molecule has 1 aliphatic heterocycles. The van der Waals surface area contributed by atoms with Crippen molar-refractivity contribution in [2.45, 2.75) is 32.7 Å². The fourth-order valence-corrected chi connectivity index (χ4v) is 4.34. The molecule has 1 aromatic rings. The van der Waals surface area contributed by atoms with Crippen molar-refractivity contribution in [1.29, 1.82) is 0 Å². The Balaban J connectivity index is 1.89. The largest absolute Gasteiger partial charge is 0.490 e. The van der Waals surface area contributed by atoms with E-state index in [0.29, 0.717) is 37.7 Å². The van der Waals surface area contributed by atoms with Crippen LogP contribution in [0.15, 0.2) is 18.2 Å². The van der Waals surface area contributed by atoms with Crippen LogP contribution in [0.5, 0.6) is 11.5 Å². The van der Waals surface area contributed by atoms with Crippen molar-refractivity contribution in [1.82, 2.24) is 19.8 Å². The predicted octanol–water partition coefficient (Wildman–Crippen LogP) is -0.249. The maximum atomic E-state index is 12.8. The van der Waals surface area contributed by atoms with Gasteiger partial charge in [-0.2, -0.15) is 4.31 Å². The number of hydrogen-bond donors (Lipinski definition) is 2. The van der Waals surface area contributed by atoms with Crippen molar-refractivity contribution >= 4 is 27.7 Å². The summed E-state index contributed by atoms with van der Waals surface area (Å²) < 4.78 is 35.9. The third-order valence-electron chi connectivity index (χ3n) is 5.62. The zero-order chi connectivity index (χ0) is 25.5. The lowest BCUT2D eigenvalue weighted by molar-refractivity contribution is -0.150. The van der Waals surface area contributed by atoms with Crippen molar-refractivity contribution in [2.24, 2.45) is 0 Å². The minimum absolute atomic E-state index is 0.193. The average Bonchev–Trinajstić information content (AvgIpc) is 2.76. The molecule has 2 N–H and O–H groups in total. The van der Waals surface area contributed by atoms with Crippen LogP contribution >= 0.6 is 0 Å². The van der Waals surface area contributed by atoms with Crippen molar-refractivity contribution in [2.75, 3.05) is 52.7 Å². The summed E-state index contributed by atoms with van der Waals surface area (Å²) in [5, 5.41) is 5.24. The van der Waals surface area contributed by atoms with Gasteiger partial charge in [-0.05, 0) is 44.9 Å². The molecule has 0 bridgehead atoms. The molecule has 0 unspecified atom stereocenters. The van der Waals surface area contributed by atoms with E-state index < -0.39 is 33.3 Å². The number of amides is 3. The van der Waals surface area contributed by atoms with E-state index in [1.54, 1.807) is 0 Å². The van der Waals surface area contributed by atoms with E-state index >= 15 is 0 Å². The van der Waals surface area contributed by atoms with Gasteiger partial charge in [-0.3, -0.25) is 14.4 Å². The normalized spacial score (nSPS) is 19.0. The summed E-state index contributed by atoms with van der Waals surface area (Å²) in [6, 6.07) is 5.59. The standard InChI is InChI=1S/C22H34N4O7S/c1-6-32-17-9-8-16(12-18(17)33-7-2)10-11-23-19(27)13-24-21(29)22(3)15-26(34(5,30)31)14-20(28)25(22)4/h8-9,12H,6-7,10-11,13-15H2,1-5H3,(H,23,27)(H,24,29)/t22-/m0/s1. The predicted molar refractivity (Wildman–Crippen MR) is 126 cm³/mol. The van der Waals surface area contributed by atoms with E-state index in [1.165, 1.54) is 18.9 Å². The van der Waals surface area contributed by atoms with Crippen LogP contribution in [0.1, 0.15) is 26.3 Å². The molecule has 0 spiro atoms. The van der Waals surface area contributed by atoms with Gasteiger partial charge >= 0.3 is 0 Å². The minimum atomic E-state index is -3.66. The summed E-state index contributed by atoms with van der Waals surface area (Å²) in [6.07, 6.45) is 1.53. The maximum Gasteiger partial charge on any atom is 0.247 e. The molecule has 190 valence electrons. The van der Waals surface area contributed by atoms with Crippen molar-refractivity contribution < 1.29 is 32.3 Å². The second-order valence-electron chi connectivity index (χ2n) is 8.19. The van der Waals surface area contributed by atoms with E-state index in [9.17, 15) is 22.8 Å². The van der Waals surface area contributed by atoms with Crippen molar-refractivity contribution in [3.05, 3.63) is 23.8 Å². The molecule has 1 atom stereocenters. The van der Waals surface area contributed by atoms with Crippen LogP contribution in [-0.2, 0) is 30.8 Å². The molecule has 1 heterocycles. The van der Waals surface area contributed by atoms with E-state index in [4.69, 9.17) is 9.47 Å². The molecular formula is C22H34N4O7S. The highest BCUT2D eigenvalue weighted by Gasteiger charge is 2.47. The van der Waals surface area contributed by atoms with Gasteiger partial charge in [-0.25, -0.2) is 8.42 Å². The van der Waals surface area contributed by atoms with Crippen LogP contribution in [0.25, 0.3) is 0 Å².